The molecule has 0 saturated carbocycles. The maximum atomic E-state index is 12.1. The molecule has 0 radical (unpaired) electrons. The molecule has 0 aromatic carbocycles. The van der Waals surface area contributed by atoms with Crippen LogP contribution in [0.2, 0.25) is 0 Å². The van der Waals surface area contributed by atoms with E-state index >= 15 is 0 Å². The van der Waals surface area contributed by atoms with Gasteiger partial charge in [0.15, 0.2) is 0 Å². The van der Waals surface area contributed by atoms with Gasteiger partial charge < -0.3 is 14.7 Å². The summed E-state index contributed by atoms with van der Waals surface area (Å²) in [6.07, 6.45) is -4.98. The number of halogens is 3. The average Bonchev–Trinajstić information content (AvgIpc) is 2.40. The Labute approximate surface area is 88.8 Å². The van der Waals surface area contributed by atoms with Gasteiger partial charge >= 0.3 is 18.1 Å². The summed E-state index contributed by atoms with van der Waals surface area (Å²) in [7, 11) is 0. The van der Waals surface area contributed by atoms with Crippen molar-refractivity contribution in [3.05, 3.63) is 0 Å². The lowest BCUT2D eigenvalue weighted by Crippen LogP contribution is -2.44. The van der Waals surface area contributed by atoms with Crippen LogP contribution < -0.4 is 0 Å². The molecule has 1 fully saturated rings. The van der Waals surface area contributed by atoms with Crippen LogP contribution in [0.5, 0.6) is 0 Å². The number of hydrogen-bond donors (Lipinski definition) is 1. The Morgan fingerprint density at radius 3 is 2.50 bits per heavy atom. The molecule has 1 amide bonds. The summed E-state index contributed by atoms with van der Waals surface area (Å²) in [6.45, 7) is -1.00. The molecule has 1 unspecified atom stereocenters. The fraction of sp³-hybridized carbons (Fsp3) is 0.750. The zero-order chi connectivity index (χ0) is 12.3. The highest BCUT2D eigenvalue weighted by molar-refractivity contribution is 5.82. The fourth-order valence-electron chi connectivity index (χ4n) is 1.32. The predicted molar refractivity (Wildman–Crippen MR) is 44.6 cm³/mol. The van der Waals surface area contributed by atoms with Gasteiger partial charge in [-0.05, 0) is 0 Å². The highest BCUT2D eigenvalue weighted by atomic mass is 19.4. The SMILES string of the molecule is O=C(O)C1COCCN(C(=O)C(F)(F)F)C1. The largest absolute Gasteiger partial charge is 0.481 e. The number of carbonyl (C=O) groups is 2. The van der Waals surface area contributed by atoms with E-state index in [4.69, 9.17) is 9.84 Å². The molecule has 1 atom stereocenters. The molecule has 1 heterocycles. The third-order valence-corrected chi connectivity index (χ3v) is 2.14. The van der Waals surface area contributed by atoms with Crippen LogP contribution in [0.3, 0.4) is 0 Å². The molecule has 92 valence electrons. The van der Waals surface area contributed by atoms with Crippen LogP contribution in [0.1, 0.15) is 0 Å². The molecule has 0 aromatic rings. The van der Waals surface area contributed by atoms with Gasteiger partial charge in [0.05, 0.1) is 19.1 Å². The minimum absolute atomic E-state index is 0.0917. The van der Waals surface area contributed by atoms with E-state index in [-0.39, 0.29) is 19.8 Å². The first-order valence-electron chi connectivity index (χ1n) is 4.49. The molecule has 1 aliphatic heterocycles. The number of amides is 1. The minimum Gasteiger partial charge on any atom is -0.481 e. The Hall–Kier alpha value is -1.31. The summed E-state index contributed by atoms with van der Waals surface area (Å²) < 4.78 is 41.2. The van der Waals surface area contributed by atoms with Gasteiger partial charge in [-0.25, -0.2) is 0 Å². The first-order valence-corrected chi connectivity index (χ1v) is 4.49. The normalized spacial score (nSPS) is 22.7. The van der Waals surface area contributed by atoms with Crippen LogP contribution >= 0.6 is 0 Å². The average molecular weight is 241 g/mol. The number of hydrogen-bond acceptors (Lipinski definition) is 3. The monoisotopic (exact) mass is 241 g/mol. The van der Waals surface area contributed by atoms with Crippen molar-refractivity contribution in [3.8, 4) is 0 Å². The number of rotatable bonds is 1. The van der Waals surface area contributed by atoms with Crippen molar-refractivity contribution in [3.63, 3.8) is 0 Å². The molecule has 1 rings (SSSR count). The molecule has 0 aromatic heterocycles. The second-order valence-corrected chi connectivity index (χ2v) is 3.36. The zero-order valence-corrected chi connectivity index (χ0v) is 8.16. The van der Waals surface area contributed by atoms with Gasteiger partial charge in [-0.2, -0.15) is 13.2 Å². The van der Waals surface area contributed by atoms with Crippen LogP contribution in [0, 0.1) is 5.92 Å². The summed E-state index contributed by atoms with van der Waals surface area (Å²) in [5.74, 6) is -4.42. The van der Waals surface area contributed by atoms with E-state index in [0.29, 0.717) is 4.90 Å². The molecule has 0 aliphatic carbocycles. The quantitative estimate of drug-likeness (QED) is 0.707. The van der Waals surface area contributed by atoms with Crippen molar-refractivity contribution < 1.29 is 32.6 Å². The van der Waals surface area contributed by atoms with E-state index in [2.05, 4.69) is 0 Å². The molecular weight excluding hydrogens is 231 g/mol. The smallest absolute Gasteiger partial charge is 0.471 e. The minimum atomic E-state index is -4.98. The van der Waals surface area contributed by atoms with E-state index in [1.54, 1.807) is 0 Å². The van der Waals surface area contributed by atoms with Crippen molar-refractivity contribution >= 4 is 11.9 Å². The lowest BCUT2D eigenvalue weighted by Gasteiger charge is -2.22. The lowest BCUT2D eigenvalue weighted by molar-refractivity contribution is -0.186. The van der Waals surface area contributed by atoms with Gasteiger partial charge in [-0.15, -0.1) is 0 Å². The van der Waals surface area contributed by atoms with Gasteiger partial charge in [0.25, 0.3) is 0 Å². The van der Waals surface area contributed by atoms with Gasteiger partial charge in [0, 0.05) is 13.1 Å². The second kappa shape index (κ2) is 4.69. The molecule has 16 heavy (non-hydrogen) atoms. The van der Waals surface area contributed by atoms with E-state index in [0.717, 1.165) is 0 Å². The maximum Gasteiger partial charge on any atom is 0.471 e. The third kappa shape index (κ3) is 3.09. The molecule has 1 saturated heterocycles. The third-order valence-electron chi connectivity index (χ3n) is 2.14. The Balaban J connectivity index is 2.72. The van der Waals surface area contributed by atoms with Crippen molar-refractivity contribution in [2.45, 2.75) is 6.18 Å². The summed E-state index contributed by atoms with van der Waals surface area (Å²) in [5.41, 5.74) is 0. The number of carbonyl (C=O) groups excluding carboxylic acids is 1. The zero-order valence-electron chi connectivity index (χ0n) is 8.16. The molecule has 0 spiro atoms. The summed E-state index contributed by atoms with van der Waals surface area (Å²) in [4.78, 5) is 22.0. The number of carboxylic acid groups (broad SMARTS) is 1. The van der Waals surface area contributed by atoms with Gasteiger partial charge in [-0.1, -0.05) is 0 Å². The topological polar surface area (TPSA) is 66.8 Å². The predicted octanol–water partition coefficient (Wildman–Crippen LogP) is 0.108. The molecule has 1 N–H and O–H groups in total. The Morgan fingerprint density at radius 2 is 2.00 bits per heavy atom. The van der Waals surface area contributed by atoms with Crippen LogP contribution in [0.15, 0.2) is 0 Å². The van der Waals surface area contributed by atoms with Crippen LogP contribution in [0.25, 0.3) is 0 Å². The van der Waals surface area contributed by atoms with E-state index in [9.17, 15) is 22.8 Å². The van der Waals surface area contributed by atoms with Crippen molar-refractivity contribution in [2.24, 2.45) is 5.92 Å². The Bertz CT molecular complexity index is 291. The fourth-order valence-corrected chi connectivity index (χ4v) is 1.32. The van der Waals surface area contributed by atoms with E-state index < -0.39 is 30.5 Å². The second-order valence-electron chi connectivity index (χ2n) is 3.36. The van der Waals surface area contributed by atoms with Crippen molar-refractivity contribution in [2.75, 3.05) is 26.3 Å². The molecular formula is C8H10F3NO4. The first kappa shape index (κ1) is 12.8. The Kier molecular flexibility index (Phi) is 3.74. The summed E-state index contributed by atoms with van der Waals surface area (Å²) >= 11 is 0. The van der Waals surface area contributed by atoms with Crippen LogP contribution in [0.4, 0.5) is 13.2 Å². The van der Waals surface area contributed by atoms with Gasteiger partial charge in [0.1, 0.15) is 0 Å². The maximum absolute atomic E-state index is 12.1. The highest BCUT2D eigenvalue weighted by Crippen LogP contribution is 2.20. The highest BCUT2D eigenvalue weighted by Gasteiger charge is 2.43. The van der Waals surface area contributed by atoms with Crippen molar-refractivity contribution in [1.29, 1.82) is 0 Å². The van der Waals surface area contributed by atoms with Crippen LogP contribution in [-0.4, -0.2) is 54.4 Å². The molecule has 5 nitrogen and oxygen atoms in total. The number of aliphatic carboxylic acids is 1. The first-order chi connectivity index (χ1) is 7.32. The summed E-state index contributed by atoms with van der Waals surface area (Å²) in [5, 5.41) is 8.67. The molecule has 8 heteroatoms. The number of nitrogens with zero attached hydrogens (tertiary/aromatic N) is 1. The lowest BCUT2D eigenvalue weighted by atomic mass is 10.1. The number of alkyl halides is 3. The number of carboxylic acids is 1. The summed E-state index contributed by atoms with van der Waals surface area (Å²) in [6, 6.07) is 0. The van der Waals surface area contributed by atoms with Gasteiger partial charge in [-0.3, -0.25) is 9.59 Å². The standard InChI is InChI=1S/C8H10F3NO4/c9-8(10,11)7(15)12-1-2-16-4-5(3-12)6(13)14/h5H,1-4H2,(H,13,14). The van der Waals surface area contributed by atoms with E-state index in [1.807, 2.05) is 0 Å². The van der Waals surface area contributed by atoms with Crippen LogP contribution in [-0.2, 0) is 14.3 Å². The Morgan fingerprint density at radius 1 is 1.38 bits per heavy atom. The number of ether oxygens (including phenoxy) is 1. The molecule has 1 aliphatic rings. The van der Waals surface area contributed by atoms with Crippen molar-refractivity contribution in [1.82, 2.24) is 4.90 Å². The van der Waals surface area contributed by atoms with Gasteiger partial charge in [0.2, 0.25) is 0 Å². The van der Waals surface area contributed by atoms with E-state index in [1.165, 1.54) is 0 Å². The molecule has 0 bridgehead atoms.